The van der Waals surface area contributed by atoms with Crippen LogP contribution in [0.15, 0.2) is 34.8 Å². The summed E-state index contributed by atoms with van der Waals surface area (Å²) in [7, 11) is 0. The molecule has 0 saturated heterocycles. The molecule has 1 atom stereocenters. The number of rotatable bonds is 1. The number of aliphatic hydroxyl groups is 1. The van der Waals surface area contributed by atoms with E-state index in [2.05, 4.69) is 4.98 Å². The van der Waals surface area contributed by atoms with Crippen molar-refractivity contribution in [2.24, 2.45) is 0 Å². The molecule has 0 radical (unpaired) electrons. The largest absolute Gasteiger partial charge is 0.512 e. The first-order valence-electron chi connectivity index (χ1n) is 7.99. The molecule has 2 heterocycles. The standard InChI is InChI=1S/C18H17N3O5/c1-9(22)13-8-15(20(10(2)23)11(3)24)18(26)21-16(13)19-14-7-5-4-6-12(14)17(21)25/h4-7,15,22H,8H2,1-3H3/b13-9-. The highest BCUT2D eigenvalue weighted by Crippen LogP contribution is 2.30. The number of amides is 2. The van der Waals surface area contributed by atoms with Crippen molar-refractivity contribution in [2.45, 2.75) is 33.2 Å². The molecule has 1 unspecified atom stereocenters. The zero-order chi connectivity index (χ0) is 19.2. The first kappa shape index (κ1) is 17.5. The summed E-state index contributed by atoms with van der Waals surface area (Å²) < 4.78 is 0.838. The molecule has 1 aliphatic heterocycles. The molecule has 3 rings (SSSR count). The summed E-state index contributed by atoms with van der Waals surface area (Å²) in [6.45, 7) is 3.74. The van der Waals surface area contributed by atoms with Crippen molar-refractivity contribution in [3.05, 3.63) is 46.2 Å². The Balaban J connectivity index is 2.34. The van der Waals surface area contributed by atoms with Crippen molar-refractivity contribution in [1.29, 1.82) is 0 Å². The molecule has 8 heteroatoms. The third kappa shape index (κ3) is 2.59. The number of para-hydroxylation sites is 1. The summed E-state index contributed by atoms with van der Waals surface area (Å²) in [5.74, 6) is -2.06. The van der Waals surface area contributed by atoms with E-state index in [4.69, 9.17) is 0 Å². The maximum Gasteiger partial charge on any atom is 0.268 e. The van der Waals surface area contributed by atoms with Crippen LogP contribution in [0.3, 0.4) is 0 Å². The lowest BCUT2D eigenvalue weighted by Crippen LogP contribution is -2.53. The van der Waals surface area contributed by atoms with Gasteiger partial charge in [0.15, 0.2) is 0 Å². The molecule has 0 bridgehead atoms. The second-order valence-electron chi connectivity index (χ2n) is 6.12. The number of aliphatic hydroxyl groups excluding tert-OH is 1. The number of nitrogens with zero attached hydrogens (tertiary/aromatic N) is 3. The third-order valence-electron chi connectivity index (χ3n) is 4.38. The molecule has 0 spiro atoms. The molecule has 1 aliphatic rings. The van der Waals surface area contributed by atoms with Gasteiger partial charge in [-0.25, -0.2) is 9.55 Å². The second-order valence-corrected chi connectivity index (χ2v) is 6.12. The van der Waals surface area contributed by atoms with Gasteiger partial charge < -0.3 is 5.11 Å². The molecule has 1 aromatic heterocycles. The fourth-order valence-corrected chi connectivity index (χ4v) is 3.23. The van der Waals surface area contributed by atoms with Crippen molar-refractivity contribution >= 4 is 34.2 Å². The predicted molar refractivity (Wildman–Crippen MR) is 93.5 cm³/mol. The summed E-state index contributed by atoms with van der Waals surface area (Å²) in [5, 5.41) is 10.3. The molecular formula is C18H17N3O5. The monoisotopic (exact) mass is 355 g/mol. The van der Waals surface area contributed by atoms with Gasteiger partial charge in [0, 0.05) is 25.8 Å². The van der Waals surface area contributed by atoms with Crippen LogP contribution in [0.4, 0.5) is 0 Å². The number of aromatic nitrogens is 2. The van der Waals surface area contributed by atoms with Crippen molar-refractivity contribution in [3.8, 4) is 0 Å². The van der Waals surface area contributed by atoms with Gasteiger partial charge >= 0.3 is 0 Å². The molecule has 1 N–H and O–H groups in total. The minimum atomic E-state index is -1.21. The van der Waals surface area contributed by atoms with Crippen LogP contribution in [0.2, 0.25) is 0 Å². The smallest absolute Gasteiger partial charge is 0.268 e. The van der Waals surface area contributed by atoms with E-state index in [0.717, 1.165) is 9.47 Å². The molecule has 0 fully saturated rings. The van der Waals surface area contributed by atoms with E-state index in [1.807, 2.05) is 0 Å². The SMILES string of the molecule is CC(=O)N(C(C)=O)C1C/C(=C(\C)O)c2nc3ccccc3c(=O)n2C1=O. The number of fused-ring (bicyclic) bond motifs is 2. The van der Waals surface area contributed by atoms with Crippen LogP contribution < -0.4 is 5.56 Å². The average molecular weight is 355 g/mol. The first-order valence-corrected chi connectivity index (χ1v) is 7.99. The maximum atomic E-state index is 13.0. The quantitative estimate of drug-likeness (QED) is 0.776. The fraction of sp³-hybridized carbons (Fsp3) is 0.278. The van der Waals surface area contributed by atoms with E-state index in [1.165, 1.54) is 26.8 Å². The molecule has 0 aliphatic carbocycles. The van der Waals surface area contributed by atoms with Gasteiger partial charge in [0.2, 0.25) is 11.8 Å². The molecule has 1 aromatic carbocycles. The van der Waals surface area contributed by atoms with Crippen LogP contribution >= 0.6 is 0 Å². The Bertz CT molecular complexity index is 1030. The molecule has 2 aromatic rings. The number of imide groups is 1. The molecule has 2 amide bonds. The summed E-state index contributed by atoms with van der Waals surface area (Å²) in [6, 6.07) is 5.32. The minimum Gasteiger partial charge on any atom is -0.512 e. The van der Waals surface area contributed by atoms with Crippen LogP contribution in [0.1, 0.15) is 37.8 Å². The maximum absolute atomic E-state index is 13.0. The van der Waals surface area contributed by atoms with Gasteiger partial charge in [-0.3, -0.25) is 24.1 Å². The number of benzene rings is 1. The lowest BCUT2D eigenvalue weighted by atomic mass is 9.97. The molecule has 134 valence electrons. The molecular weight excluding hydrogens is 338 g/mol. The Labute approximate surface area is 148 Å². The van der Waals surface area contributed by atoms with E-state index in [9.17, 15) is 24.3 Å². The highest BCUT2D eigenvalue weighted by atomic mass is 16.3. The zero-order valence-electron chi connectivity index (χ0n) is 14.5. The van der Waals surface area contributed by atoms with Gasteiger partial charge in [-0.2, -0.15) is 0 Å². The van der Waals surface area contributed by atoms with Crippen LogP contribution in [0, 0.1) is 0 Å². The number of carbonyl (C=O) groups is 3. The van der Waals surface area contributed by atoms with Gasteiger partial charge in [-0.15, -0.1) is 0 Å². The van der Waals surface area contributed by atoms with Gasteiger partial charge in [0.25, 0.3) is 11.5 Å². The van der Waals surface area contributed by atoms with Crippen molar-refractivity contribution in [1.82, 2.24) is 14.5 Å². The number of carbonyl (C=O) groups excluding carboxylic acids is 3. The Morgan fingerprint density at radius 1 is 1.15 bits per heavy atom. The Morgan fingerprint density at radius 3 is 2.35 bits per heavy atom. The Morgan fingerprint density at radius 2 is 1.77 bits per heavy atom. The zero-order valence-corrected chi connectivity index (χ0v) is 14.5. The predicted octanol–water partition coefficient (Wildman–Crippen LogP) is 1.49. The van der Waals surface area contributed by atoms with Crippen molar-refractivity contribution in [2.75, 3.05) is 0 Å². The lowest BCUT2D eigenvalue weighted by molar-refractivity contribution is -0.144. The second kappa shape index (κ2) is 6.21. The summed E-state index contributed by atoms with van der Waals surface area (Å²) in [5.41, 5.74) is 0.0276. The topological polar surface area (TPSA) is 110 Å². The molecule has 0 saturated carbocycles. The van der Waals surface area contributed by atoms with Crippen LogP contribution in [0.25, 0.3) is 16.5 Å². The highest BCUT2D eigenvalue weighted by molar-refractivity contribution is 6.02. The van der Waals surface area contributed by atoms with Crippen molar-refractivity contribution < 1.29 is 19.5 Å². The minimum absolute atomic E-state index is 0.0296. The summed E-state index contributed by atoms with van der Waals surface area (Å²) in [4.78, 5) is 54.8. The normalized spacial score (nSPS) is 18.4. The van der Waals surface area contributed by atoms with Crippen LogP contribution in [-0.4, -0.2) is 43.3 Å². The first-order chi connectivity index (χ1) is 12.2. The number of hydrogen-bond acceptors (Lipinski definition) is 6. The van der Waals surface area contributed by atoms with E-state index in [1.54, 1.807) is 18.2 Å². The van der Waals surface area contributed by atoms with E-state index in [0.29, 0.717) is 5.52 Å². The number of allylic oxidation sites excluding steroid dienone is 1. The summed E-state index contributed by atoms with van der Waals surface area (Å²) >= 11 is 0. The fourth-order valence-electron chi connectivity index (χ4n) is 3.23. The van der Waals surface area contributed by atoms with Gasteiger partial charge in [0.05, 0.1) is 16.7 Å². The van der Waals surface area contributed by atoms with Gasteiger partial charge in [0.1, 0.15) is 11.9 Å². The lowest BCUT2D eigenvalue weighted by Gasteiger charge is -2.32. The highest BCUT2D eigenvalue weighted by Gasteiger charge is 2.40. The third-order valence-corrected chi connectivity index (χ3v) is 4.38. The summed E-state index contributed by atoms with van der Waals surface area (Å²) in [6.07, 6.45) is -0.106. The Hall–Kier alpha value is -3.29. The molecule has 26 heavy (non-hydrogen) atoms. The van der Waals surface area contributed by atoms with E-state index >= 15 is 0 Å². The van der Waals surface area contributed by atoms with Crippen LogP contribution in [0.5, 0.6) is 0 Å². The average Bonchev–Trinajstić information content (AvgIpc) is 2.56. The van der Waals surface area contributed by atoms with E-state index < -0.39 is 29.3 Å². The Kier molecular flexibility index (Phi) is 4.19. The molecule has 8 nitrogen and oxygen atoms in total. The van der Waals surface area contributed by atoms with Gasteiger partial charge in [-0.05, 0) is 19.1 Å². The van der Waals surface area contributed by atoms with Crippen LogP contribution in [-0.2, 0) is 9.59 Å². The van der Waals surface area contributed by atoms with E-state index in [-0.39, 0.29) is 29.0 Å². The van der Waals surface area contributed by atoms with Gasteiger partial charge in [-0.1, -0.05) is 12.1 Å². The number of hydrogen-bond donors (Lipinski definition) is 1. The van der Waals surface area contributed by atoms with Crippen molar-refractivity contribution in [3.63, 3.8) is 0 Å².